The largest absolute Gasteiger partial charge is 0.414 e. The third kappa shape index (κ3) is 5.46. The van der Waals surface area contributed by atoms with E-state index in [0.29, 0.717) is 5.56 Å². The molecule has 0 unspecified atom stereocenters. The molecule has 0 aliphatic carbocycles. The Kier molecular flexibility index (Phi) is 6.73. The van der Waals surface area contributed by atoms with E-state index in [1.54, 1.807) is 4.72 Å². The molecule has 0 saturated heterocycles. The van der Waals surface area contributed by atoms with E-state index in [9.17, 15) is 30.8 Å². The molecular weight excluding hydrogens is 420 g/mol. The van der Waals surface area contributed by atoms with Crippen LogP contribution >= 0.6 is 11.8 Å². The number of sulfonamides is 1. The van der Waals surface area contributed by atoms with E-state index in [1.807, 2.05) is 0 Å². The van der Waals surface area contributed by atoms with E-state index < -0.39 is 38.2 Å². The minimum absolute atomic E-state index is 0.0856. The third-order valence-electron chi connectivity index (χ3n) is 3.62. The van der Waals surface area contributed by atoms with Crippen molar-refractivity contribution in [2.45, 2.75) is 23.4 Å². The number of benzene rings is 2. The van der Waals surface area contributed by atoms with Gasteiger partial charge in [0, 0.05) is 11.3 Å². The van der Waals surface area contributed by atoms with E-state index >= 15 is 0 Å². The maximum absolute atomic E-state index is 13.3. The zero-order valence-electron chi connectivity index (χ0n) is 14.7. The van der Waals surface area contributed by atoms with Crippen molar-refractivity contribution in [2.75, 3.05) is 11.6 Å². The van der Waals surface area contributed by atoms with Crippen LogP contribution in [0.15, 0.2) is 47.4 Å². The van der Waals surface area contributed by atoms with Crippen molar-refractivity contribution in [3.05, 3.63) is 59.4 Å². The highest BCUT2D eigenvalue weighted by atomic mass is 32.2. The first-order chi connectivity index (χ1) is 12.9. The summed E-state index contributed by atoms with van der Waals surface area (Å²) in [5, 5.41) is 0.154. The molecule has 28 heavy (non-hydrogen) atoms. The molecule has 1 atom stereocenters. The number of thioether (sulfide) groups is 1. The minimum atomic E-state index is -4.78. The average molecular weight is 436 g/mol. The fourth-order valence-electron chi connectivity index (χ4n) is 2.19. The van der Waals surface area contributed by atoms with Gasteiger partial charge >= 0.3 is 6.18 Å². The Balaban J connectivity index is 2.24. The number of nitrogens with one attached hydrogen (secondary N) is 2. The molecule has 1 amide bonds. The van der Waals surface area contributed by atoms with Gasteiger partial charge in [-0.2, -0.15) is 17.9 Å². The van der Waals surface area contributed by atoms with Crippen molar-refractivity contribution in [1.29, 1.82) is 0 Å². The summed E-state index contributed by atoms with van der Waals surface area (Å²) in [4.78, 5) is 11.8. The van der Waals surface area contributed by atoms with E-state index in [4.69, 9.17) is 0 Å². The van der Waals surface area contributed by atoms with Crippen LogP contribution in [0.1, 0.15) is 15.9 Å². The topological polar surface area (TPSA) is 75.3 Å². The predicted molar refractivity (Wildman–Crippen MR) is 99.2 cm³/mol. The maximum Gasteiger partial charge on any atom is 0.414 e. The second kappa shape index (κ2) is 8.50. The van der Waals surface area contributed by atoms with Crippen molar-refractivity contribution in [3.8, 4) is 0 Å². The minimum Gasteiger partial charge on any atom is -0.322 e. The van der Waals surface area contributed by atoms with Crippen LogP contribution in [0.5, 0.6) is 0 Å². The van der Waals surface area contributed by atoms with Crippen molar-refractivity contribution in [3.63, 3.8) is 0 Å². The Morgan fingerprint density at radius 3 is 2.39 bits per heavy atom. The molecule has 0 spiro atoms. The van der Waals surface area contributed by atoms with Crippen LogP contribution in [0.3, 0.4) is 0 Å². The first-order valence-corrected chi connectivity index (χ1v) is 10.5. The second-order valence-electron chi connectivity index (χ2n) is 5.72. The molecule has 0 aromatic heterocycles. The van der Waals surface area contributed by atoms with Gasteiger partial charge < -0.3 is 5.32 Å². The van der Waals surface area contributed by atoms with E-state index in [0.717, 1.165) is 24.5 Å². The van der Waals surface area contributed by atoms with Gasteiger partial charge in [-0.15, -0.1) is 11.8 Å². The zero-order valence-corrected chi connectivity index (χ0v) is 16.3. The fourth-order valence-corrected chi connectivity index (χ4v) is 4.31. The number of hydrogen-bond donors (Lipinski definition) is 2. The Hall–Kier alpha value is -2.11. The standard InChI is InChI=1S/C17H16F4N2O3S2/c1-10-8-12(6-7-14(10)18)22-15(24)11-4-3-5-13(9-11)28(25,26)23-16(27-2)17(19,20)21/h3-9,16,23H,1-2H3,(H,22,24)/t16-/m0/s1. The number of aryl methyl sites for hydroxylation is 1. The summed E-state index contributed by atoms with van der Waals surface area (Å²) < 4.78 is 77.9. The Bertz CT molecular complexity index is 979. The number of carbonyl (C=O) groups is 1. The molecule has 0 aliphatic heterocycles. The Labute approximate surface area is 163 Å². The van der Waals surface area contributed by atoms with Crippen LogP contribution in [0, 0.1) is 12.7 Å². The molecule has 2 rings (SSSR count). The van der Waals surface area contributed by atoms with Crippen LogP contribution < -0.4 is 10.0 Å². The Morgan fingerprint density at radius 2 is 1.82 bits per heavy atom. The van der Waals surface area contributed by atoms with Crippen LogP contribution in [-0.4, -0.2) is 32.1 Å². The molecular formula is C17H16F4N2O3S2. The number of alkyl halides is 3. The molecule has 11 heteroatoms. The summed E-state index contributed by atoms with van der Waals surface area (Å²) >= 11 is 0.288. The van der Waals surface area contributed by atoms with Crippen LogP contribution in [-0.2, 0) is 10.0 Å². The van der Waals surface area contributed by atoms with E-state index in [1.165, 1.54) is 31.2 Å². The van der Waals surface area contributed by atoms with Gasteiger partial charge in [-0.3, -0.25) is 4.79 Å². The molecule has 2 N–H and O–H groups in total. The molecule has 0 bridgehead atoms. The van der Waals surface area contributed by atoms with E-state index in [-0.39, 0.29) is 23.0 Å². The van der Waals surface area contributed by atoms with Gasteiger partial charge in [-0.1, -0.05) is 6.07 Å². The number of halogens is 4. The molecule has 0 radical (unpaired) electrons. The highest BCUT2D eigenvalue weighted by molar-refractivity contribution is 8.00. The molecule has 152 valence electrons. The lowest BCUT2D eigenvalue weighted by molar-refractivity contribution is -0.130. The normalized spacial score (nSPS) is 13.2. The van der Waals surface area contributed by atoms with Gasteiger partial charge in [-0.25, -0.2) is 12.8 Å². The summed E-state index contributed by atoms with van der Waals surface area (Å²) in [6, 6.07) is 8.46. The van der Waals surface area contributed by atoms with Crippen LogP contribution in [0.25, 0.3) is 0 Å². The molecule has 0 aliphatic rings. The zero-order chi connectivity index (χ0) is 21.1. The molecule has 0 saturated carbocycles. The third-order valence-corrected chi connectivity index (χ3v) is 6.04. The van der Waals surface area contributed by atoms with Crippen molar-refractivity contribution < 1.29 is 30.8 Å². The summed E-state index contributed by atoms with van der Waals surface area (Å²) in [6.07, 6.45) is -3.66. The second-order valence-corrected chi connectivity index (χ2v) is 8.38. The number of carbonyl (C=O) groups excluding carboxylic acids is 1. The highest BCUT2D eigenvalue weighted by Crippen LogP contribution is 2.28. The molecule has 0 heterocycles. The summed E-state index contributed by atoms with van der Waals surface area (Å²) in [6.45, 7) is 1.51. The first kappa shape index (κ1) is 22.2. The number of rotatable bonds is 6. The van der Waals surface area contributed by atoms with Crippen molar-refractivity contribution in [2.24, 2.45) is 0 Å². The molecule has 2 aromatic carbocycles. The van der Waals surface area contributed by atoms with Gasteiger partial charge in [0.25, 0.3) is 5.91 Å². The molecule has 0 fully saturated rings. The molecule has 5 nitrogen and oxygen atoms in total. The van der Waals surface area contributed by atoms with Gasteiger partial charge in [0.05, 0.1) is 4.90 Å². The highest BCUT2D eigenvalue weighted by Gasteiger charge is 2.42. The maximum atomic E-state index is 13.3. The quantitative estimate of drug-likeness (QED) is 0.532. The average Bonchev–Trinajstić information content (AvgIpc) is 2.62. The van der Waals surface area contributed by atoms with Crippen LogP contribution in [0.2, 0.25) is 0 Å². The number of amides is 1. The van der Waals surface area contributed by atoms with Crippen molar-refractivity contribution in [1.82, 2.24) is 4.72 Å². The summed E-state index contributed by atoms with van der Waals surface area (Å²) in [7, 11) is -4.52. The summed E-state index contributed by atoms with van der Waals surface area (Å²) in [5.41, 5.74) is 0.501. The van der Waals surface area contributed by atoms with Crippen LogP contribution in [0.4, 0.5) is 23.2 Å². The number of anilines is 1. The fraction of sp³-hybridized carbons (Fsp3) is 0.235. The molecule has 2 aromatic rings. The van der Waals surface area contributed by atoms with Gasteiger partial charge in [0.1, 0.15) is 5.82 Å². The van der Waals surface area contributed by atoms with Gasteiger partial charge in [0.15, 0.2) is 5.37 Å². The number of hydrogen-bond acceptors (Lipinski definition) is 4. The first-order valence-electron chi connectivity index (χ1n) is 7.73. The SMILES string of the molecule is CS[C@H](NS(=O)(=O)c1cccc(C(=O)Nc2ccc(F)c(C)c2)c1)C(F)(F)F. The predicted octanol–water partition coefficient (Wildman–Crippen LogP) is 3.92. The van der Waals surface area contributed by atoms with Crippen molar-refractivity contribution >= 4 is 33.4 Å². The Morgan fingerprint density at radius 1 is 1.14 bits per heavy atom. The summed E-state index contributed by atoms with van der Waals surface area (Å²) in [5.74, 6) is -1.15. The smallest absolute Gasteiger partial charge is 0.322 e. The van der Waals surface area contributed by atoms with Gasteiger partial charge in [-0.05, 0) is 55.1 Å². The lowest BCUT2D eigenvalue weighted by Crippen LogP contribution is -2.42. The van der Waals surface area contributed by atoms with E-state index in [2.05, 4.69) is 5.32 Å². The monoisotopic (exact) mass is 436 g/mol. The van der Waals surface area contributed by atoms with Gasteiger partial charge in [0.2, 0.25) is 10.0 Å². The lowest BCUT2D eigenvalue weighted by Gasteiger charge is -2.19. The lowest BCUT2D eigenvalue weighted by atomic mass is 10.2.